The molecule has 1 heterocycles. The zero-order valence-electron chi connectivity index (χ0n) is 15.6. The maximum absolute atomic E-state index is 12.3. The van der Waals surface area contributed by atoms with Gasteiger partial charge in [0.05, 0.1) is 21.3 Å². The van der Waals surface area contributed by atoms with Crippen LogP contribution in [0, 0.1) is 0 Å². The van der Waals surface area contributed by atoms with E-state index in [0.717, 1.165) is 13.1 Å². The van der Waals surface area contributed by atoms with Gasteiger partial charge < -0.3 is 19.1 Å². The van der Waals surface area contributed by atoms with E-state index < -0.39 is 5.91 Å². The molecule has 1 saturated heterocycles. The van der Waals surface area contributed by atoms with E-state index in [1.165, 1.54) is 52.7 Å². The molecule has 8 nitrogen and oxygen atoms in total. The van der Waals surface area contributed by atoms with Gasteiger partial charge in [0.25, 0.3) is 5.91 Å². The lowest BCUT2D eigenvalue weighted by Crippen LogP contribution is -2.43. The van der Waals surface area contributed by atoms with Crippen molar-refractivity contribution in [2.24, 2.45) is 0 Å². The minimum absolute atomic E-state index is 0.226. The lowest BCUT2D eigenvalue weighted by atomic mass is 10.1. The average Bonchev–Trinajstić information content (AvgIpc) is 2.69. The van der Waals surface area contributed by atoms with Crippen molar-refractivity contribution in [3.8, 4) is 17.2 Å². The highest BCUT2D eigenvalue weighted by Gasteiger charge is 2.17. The van der Waals surface area contributed by atoms with E-state index in [1.807, 2.05) is 0 Å². The third-order valence-corrected chi connectivity index (χ3v) is 4.35. The number of nitrogens with one attached hydrogen (secondary N) is 2. The Hall–Kier alpha value is -2.48. The molecule has 2 amide bonds. The lowest BCUT2D eigenvalue weighted by Gasteiger charge is -2.25. The number of hydrazine groups is 1. The normalized spacial score (nSPS) is 14.4. The Morgan fingerprint density at radius 2 is 1.58 bits per heavy atom. The van der Waals surface area contributed by atoms with Gasteiger partial charge in [0.2, 0.25) is 11.7 Å². The molecular formula is C18H27N3O5. The Balaban J connectivity index is 1.89. The van der Waals surface area contributed by atoms with Crippen LogP contribution in [0.3, 0.4) is 0 Å². The fourth-order valence-corrected chi connectivity index (χ4v) is 2.92. The summed E-state index contributed by atoms with van der Waals surface area (Å²) in [7, 11) is 4.44. The van der Waals surface area contributed by atoms with Crippen LogP contribution in [0.25, 0.3) is 0 Å². The second-order valence-electron chi connectivity index (χ2n) is 6.07. The minimum Gasteiger partial charge on any atom is -0.493 e. The van der Waals surface area contributed by atoms with E-state index in [4.69, 9.17) is 14.2 Å². The Morgan fingerprint density at radius 3 is 2.12 bits per heavy atom. The predicted molar refractivity (Wildman–Crippen MR) is 96.6 cm³/mol. The number of methoxy groups -OCH3 is 3. The summed E-state index contributed by atoms with van der Waals surface area (Å²) in [4.78, 5) is 26.5. The first-order valence-electron chi connectivity index (χ1n) is 8.70. The van der Waals surface area contributed by atoms with Crippen LogP contribution in [0.1, 0.15) is 36.0 Å². The van der Waals surface area contributed by atoms with Gasteiger partial charge in [-0.25, -0.2) is 0 Å². The van der Waals surface area contributed by atoms with Crippen molar-refractivity contribution in [2.45, 2.75) is 25.7 Å². The Bertz CT molecular complexity index is 604. The summed E-state index contributed by atoms with van der Waals surface area (Å²) in [6.07, 6.45) is 3.96. The number of rotatable bonds is 7. The van der Waals surface area contributed by atoms with Gasteiger partial charge in [0, 0.05) is 18.5 Å². The van der Waals surface area contributed by atoms with Crippen molar-refractivity contribution < 1.29 is 23.8 Å². The number of nitrogens with zero attached hydrogens (tertiary/aromatic N) is 1. The third-order valence-electron chi connectivity index (χ3n) is 4.35. The molecule has 1 aliphatic heterocycles. The molecule has 0 bridgehead atoms. The average molecular weight is 365 g/mol. The third kappa shape index (κ3) is 5.26. The summed E-state index contributed by atoms with van der Waals surface area (Å²) in [5.41, 5.74) is 5.15. The van der Waals surface area contributed by atoms with Gasteiger partial charge in [0.15, 0.2) is 11.5 Å². The van der Waals surface area contributed by atoms with E-state index in [9.17, 15) is 9.59 Å². The number of benzene rings is 1. The fourth-order valence-electron chi connectivity index (χ4n) is 2.92. The summed E-state index contributed by atoms with van der Waals surface area (Å²) >= 11 is 0. The Morgan fingerprint density at radius 1 is 0.962 bits per heavy atom. The summed E-state index contributed by atoms with van der Waals surface area (Å²) in [5, 5.41) is 0. The van der Waals surface area contributed by atoms with Gasteiger partial charge in [0.1, 0.15) is 0 Å². The molecule has 26 heavy (non-hydrogen) atoms. The quantitative estimate of drug-likeness (QED) is 0.709. The van der Waals surface area contributed by atoms with Gasteiger partial charge in [-0.15, -0.1) is 0 Å². The molecule has 0 aromatic heterocycles. The number of likely N-dealkylation sites (tertiary alicyclic amines) is 1. The summed E-state index contributed by atoms with van der Waals surface area (Å²) < 4.78 is 15.7. The Kier molecular flexibility index (Phi) is 7.53. The summed E-state index contributed by atoms with van der Waals surface area (Å²) in [5.74, 6) is 0.450. The number of ether oxygens (including phenoxy) is 3. The molecule has 0 spiro atoms. The molecule has 144 valence electrons. The van der Waals surface area contributed by atoms with Crippen molar-refractivity contribution >= 4 is 11.8 Å². The van der Waals surface area contributed by atoms with E-state index in [1.54, 1.807) is 0 Å². The molecule has 2 rings (SSSR count). The molecule has 1 aromatic rings. The molecule has 0 saturated carbocycles. The van der Waals surface area contributed by atoms with Crippen molar-refractivity contribution in [3.05, 3.63) is 17.7 Å². The van der Waals surface area contributed by atoms with E-state index >= 15 is 0 Å². The zero-order chi connectivity index (χ0) is 18.9. The van der Waals surface area contributed by atoms with Crippen LogP contribution in [0.5, 0.6) is 17.2 Å². The van der Waals surface area contributed by atoms with E-state index in [0.29, 0.717) is 30.2 Å². The lowest BCUT2D eigenvalue weighted by molar-refractivity contribution is -0.122. The molecular weight excluding hydrogens is 338 g/mol. The topological polar surface area (TPSA) is 89.1 Å². The van der Waals surface area contributed by atoms with Crippen LogP contribution in [-0.4, -0.2) is 57.7 Å². The van der Waals surface area contributed by atoms with Crippen LogP contribution < -0.4 is 25.1 Å². The van der Waals surface area contributed by atoms with Crippen LogP contribution in [-0.2, 0) is 4.79 Å². The second kappa shape index (κ2) is 9.86. The monoisotopic (exact) mass is 365 g/mol. The molecule has 2 N–H and O–H groups in total. The molecule has 0 radical (unpaired) electrons. The van der Waals surface area contributed by atoms with E-state index in [2.05, 4.69) is 15.8 Å². The van der Waals surface area contributed by atoms with Crippen molar-refractivity contribution in [1.29, 1.82) is 0 Å². The first-order chi connectivity index (χ1) is 12.6. The van der Waals surface area contributed by atoms with Gasteiger partial charge in [-0.3, -0.25) is 20.4 Å². The standard InChI is InChI=1S/C18H27N3O5/c1-24-14-11-13(12-15(25-2)17(14)26-3)18(23)20-19-16(22)7-10-21-8-5-4-6-9-21/h11-12H,4-10H2,1-3H3,(H,19,22)(H,20,23). The molecule has 0 atom stereocenters. The van der Waals surface area contributed by atoms with Gasteiger partial charge in [-0.05, 0) is 38.1 Å². The minimum atomic E-state index is -0.462. The number of hydrogen-bond donors (Lipinski definition) is 2. The molecule has 1 fully saturated rings. The van der Waals surface area contributed by atoms with Crippen molar-refractivity contribution in [2.75, 3.05) is 41.0 Å². The predicted octanol–water partition coefficient (Wildman–Crippen LogP) is 1.35. The summed E-state index contributed by atoms with van der Waals surface area (Å²) in [6.45, 7) is 2.77. The van der Waals surface area contributed by atoms with E-state index in [-0.39, 0.29) is 11.5 Å². The second-order valence-corrected chi connectivity index (χ2v) is 6.07. The summed E-state index contributed by atoms with van der Waals surface area (Å²) in [6, 6.07) is 3.05. The highest BCUT2D eigenvalue weighted by Crippen LogP contribution is 2.38. The van der Waals surface area contributed by atoms with Crippen molar-refractivity contribution in [3.63, 3.8) is 0 Å². The maximum Gasteiger partial charge on any atom is 0.269 e. The Labute approximate surface area is 153 Å². The van der Waals surface area contributed by atoms with Gasteiger partial charge in [-0.2, -0.15) is 0 Å². The zero-order valence-corrected chi connectivity index (χ0v) is 15.6. The smallest absolute Gasteiger partial charge is 0.269 e. The van der Waals surface area contributed by atoms with Crippen LogP contribution in [0.2, 0.25) is 0 Å². The SMILES string of the molecule is COc1cc(C(=O)NNC(=O)CCN2CCCCC2)cc(OC)c1OC. The molecule has 1 aliphatic rings. The first-order valence-corrected chi connectivity index (χ1v) is 8.70. The molecule has 1 aromatic carbocycles. The van der Waals surface area contributed by atoms with Crippen LogP contribution in [0.4, 0.5) is 0 Å². The number of hydrogen-bond acceptors (Lipinski definition) is 6. The molecule has 0 unspecified atom stereocenters. The maximum atomic E-state index is 12.3. The van der Waals surface area contributed by atoms with Crippen LogP contribution >= 0.6 is 0 Å². The van der Waals surface area contributed by atoms with Gasteiger partial charge in [-0.1, -0.05) is 6.42 Å². The highest BCUT2D eigenvalue weighted by molar-refractivity contribution is 5.96. The van der Waals surface area contributed by atoms with Crippen molar-refractivity contribution in [1.82, 2.24) is 15.8 Å². The van der Waals surface area contributed by atoms with Crippen LogP contribution in [0.15, 0.2) is 12.1 Å². The first kappa shape index (κ1) is 19.8. The van der Waals surface area contributed by atoms with Gasteiger partial charge >= 0.3 is 0 Å². The number of carbonyl (C=O) groups is 2. The highest BCUT2D eigenvalue weighted by atomic mass is 16.5. The largest absolute Gasteiger partial charge is 0.493 e. The molecule has 8 heteroatoms. The number of piperidine rings is 1. The molecule has 0 aliphatic carbocycles. The number of amides is 2. The fraction of sp³-hybridized carbons (Fsp3) is 0.556. The number of carbonyl (C=O) groups excluding carboxylic acids is 2.